The van der Waals surface area contributed by atoms with Gasteiger partial charge in [0.1, 0.15) is 11.0 Å². The van der Waals surface area contributed by atoms with Crippen molar-refractivity contribution in [2.45, 2.75) is 25.6 Å². The summed E-state index contributed by atoms with van der Waals surface area (Å²) in [5.41, 5.74) is 0.290. The maximum Gasteiger partial charge on any atom is 0.427 e. The minimum atomic E-state index is -4.64. The second-order valence-corrected chi connectivity index (χ2v) is 5.67. The van der Waals surface area contributed by atoms with E-state index in [4.69, 9.17) is 4.74 Å². The molecule has 0 bridgehead atoms. The molecule has 1 amide bonds. The van der Waals surface area contributed by atoms with Gasteiger partial charge < -0.3 is 10.1 Å². The summed E-state index contributed by atoms with van der Waals surface area (Å²) < 4.78 is 57.3. The number of nitrogens with zero attached hydrogens (tertiary/aromatic N) is 1. The maximum atomic E-state index is 13.5. The quantitative estimate of drug-likeness (QED) is 0.794. The van der Waals surface area contributed by atoms with E-state index in [9.17, 15) is 22.4 Å². The summed E-state index contributed by atoms with van der Waals surface area (Å²) in [5, 5.41) is 2.35. The lowest BCUT2D eigenvalue weighted by Gasteiger charge is -2.18. The van der Waals surface area contributed by atoms with Crippen molar-refractivity contribution >= 4 is 17.2 Å². The minimum absolute atomic E-state index is 0.0169. The highest BCUT2D eigenvalue weighted by Gasteiger charge is 2.38. The van der Waals surface area contributed by atoms with Crippen LogP contribution in [-0.4, -0.2) is 23.5 Å². The number of halogens is 4. The van der Waals surface area contributed by atoms with Crippen LogP contribution in [0, 0.1) is 5.82 Å². The highest BCUT2D eigenvalue weighted by Crippen LogP contribution is 2.34. The molecule has 0 aliphatic rings. The second kappa shape index (κ2) is 7.61. The van der Waals surface area contributed by atoms with Crippen LogP contribution < -0.4 is 10.1 Å². The predicted octanol–water partition coefficient (Wildman–Crippen LogP) is 3.89. The van der Waals surface area contributed by atoms with E-state index in [-0.39, 0.29) is 12.3 Å². The van der Waals surface area contributed by atoms with Gasteiger partial charge in [-0.2, -0.15) is 13.2 Å². The van der Waals surface area contributed by atoms with E-state index < -0.39 is 34.6 Å². The molecule has 0 saturated heterocycles. The Labute approximate surface area is 139 Å². The van der Waals surface area contributed by atoms with E-state index in [0.29, 0.717) is 17.8 Å². The van der Waals surface area contributed by atoms with Crippen molar-refractivity contribution < 1.29 is 27.1 Å². The van der Waals surface area contributed by atoms with E-state index >= 15 is 0 Å². The first-order chi connectivity index (χ1) is 11.3. The second-order valence-electron chi connectivity index (χ2n) is 4.82. The average Bonchev–Trinajstić information content (AvgIpc) is 3.02. The number of aromatic nitrogens is 1. The Kier molecular flexibility index (Phi) is 5.76. The molecule has 1 aromatic heterocycles. The molecule has 0 saturated carbocycles. The number of thiazole rings is 1. The lowest BCUT2D eigenvalue weighted by molar-refractivity contribution is -0.134. The Hall–Kier alpha value is -2.16. The van der Waals surface area contributed by atoms with E-state index in [1.165, 1.54) is 18.2 Å². The number of nitrogens with one attached hydrogen (secondary N) is 1. The zero-order valence-electron chi connectivity index (χ0n) is 12.6. The number of amides is 1. The van der Waals surface area contributed by atoms with Gasteiger partial charge in [0.25, 0.3) is 5.91 Å². The van der Waals surface area contributed by atoms with Crippen LogP contribution in [0.5, 0.6) is 5.75 Å². The molecule has 1 aromatic carbocycles. The fraction of sp³-hybridized carbons (Fsp3) is 0.333. The number of hydrogen-bond acceptors (Lipinski definition) is 4. The third-order valence-electron chi connectivity index (χ3n) is 3.12. The molecule has 9 heteroatoms. The van der Waals surface area contributed by atoms with E-state index in [1.54, 1.807) is 13.0 Å². The number of hydrogen-bond donors (Lipinski definition) is 1. The van der Waals surface area contributed by atoms with Gasteiger partial charge in [-0.1, -0.05) is 19.1 Å². The van der Waals surface area contributed by atoms with Crippen LogP contribution in [-0.2, 0) is 6.18 Å². The SMILES string of the molecule is CCC(CNC(=O)c1ncsc1C(F)(F)F)Oc1ccccc1F. The number of ether oxygens (including phenoxy) is 1. The Morgan fingerprint density at radius 1 is 1.38 bits per heavy atom. The van der Waals surface area contributed by atoms with Crippen molar-refractivity contribution in [1.82, 2.24) is 10.3 Å². The monoisotopic (exact) mass is 362 g/mol. The first kappa shape index (κ1) is 18.2. The molecule has 1 atom stereocenters. The molecule has 0 aliphatic carbocycles. The molecule has 0 spiro atoms. The molecule has 24 heavy (non-hydrogen) atoms. The van der Waals surface area contributed by atoms with Gasteiger partial charge in [0.2, 0.25) is 0 Å². The van der Waals surface area contributed by atoms with Crippen LogP contribution in [0.15, 0.2) is 29.8 Å². The molecule has 0 aliphatic heterocycles. The fourth-order valence-corrected chi connectivity index (χ4v) is 2.54. The Morgan fingerprint density at radius 2 is 2.08 bits per heavy atom. The molecule has 1 unspecified atom stereocenters. The normalized spacial score (nSPS) is 12.7. The largest absolute Gasteiger partial charge is 0.486 e. The molecule has 0 fully saturated rings. The summed E-state index contributed by atoms with van der Waals surface area (Å²) in [6.07, 6.45) is -4.79. The molecule has 4 nitrogen and oxygen atoms in total. The smallest absolute Gasteiger partial charge is 0.427 e. The first-order valence-corrected chi connectivity index (χ1v) is 7.91. The Morgan fingerprint density at radius 3 is 2.71 bits per heavy atom. The van der Waals surface area contributed by atoms with E-state index in [0.717, 1.165) is 5.51 Å². The highest BCUT2D eigenvalue weighted by atomic mass is 32.1. The summed E-state index contributed by atoms with van der Waals surface area (Å²) in [4.78, 5) is 14.3. The van der Waals surface area contributed by atoms with Crippen molar-refractivity contribution in [1.29, 1.82) is 0 Å². The van der Waals surface area contributed by atoms with Crippen LogP contribution in [0.25, 0.3) is 0 Å². The van der Waals surface area contributed by atoms with Crippen molar-refractivity contribution in [3.05, 3.63) is 46.2 Å². The molecule has 130 valence electrons. The Balaban J connectivity index is 2.00. The lowest BCUT2D eigenvalue weighted by atomic mass is 10.2. The van der Waals surface area contributed by atoms with Crippen LogP contribution in [0.3, 0.4) is 0 Å². The van der Waals surface area contributed by atoms with Crippen LogP contribution in [0.4, 0.5) is 17.6 Å². The van der Waals surface area contributed by atoms with E-state index in [1.807, 2.05) is 0 Å². The first-order valence-electron chi connectivity index (χ1n) is 7.03. The number of carbonyl (C=O) groups excluding carboxylic acids is 1. The van der Waals surface area contributed by atoms with Crippen LogP contribution in [0.2, 0.25) is 0 Å². The number of carbonyl (C=O) groups is 1. The van der Waals surface area contributed by atoms with E-state index in [2.05, 4.69) is 10.3 Å². The van der Waals surface area contributed by atoms with Crippen LogP contribution >= 0.6 is 11.3 Å². The number of alkyl halides is 3. The van der Waals surface area contributed by atoms with Gasteiger partial charge in [0.15, 0.2) is 17.3 Å². The van der Waals surface area contributed by atoms with Crippen molar-refractivity contribution in [2.75, 3.05) is 6.54 Å². The van der Waals surface area contributed by atoms with Crippen molar-refractivity contribution in [2.24, 2.45) is 0 Å². The third kappa shape index (κ3) is 4.44. The molecule has 1 N–H and O–H groups in total. The minimum Gasteiger partial charge on any atom is -0.486 e. The molecule has 1 heterocycles. The summed E-state index contributed by atoms with van der Waals surface area (Å²) in [6, 6.07) is 5.76. The van der Waals surface area contributed by atoms with Crippen LogP contribution in [0.1, 0.15) is 28.7 Å². The number of rotatable bonds is 6. The van der Waals surface area contributed by atoms with Gasteiger partial charge in [0.05, 0.1) is 12.1 Å². The molecular formula is C15H14F4N2O2S. The molecular weight excluding hydrogens is 348 g/mol. The standard InChI is InChI=1S/C15H14F4N2O2S/c1-2-9(23-11-6-4-3-5-10(11)16)7-20-14(22)12-13(15(17,18)19)24-8-21-12/h3-6,8-9H,2,7H2,1H3,(H,20,22). The van der Waals surface area contributed by atoms with Gasteiger partial charge >= 0.3 is 6.18 Å². The lowest BCUT2D eigenvalue weighted by Crippen LogP contribution is -2.36. The molecule has 0 radical (unpaired) electrons. The average molecular weight is 362 g/mol. The zero-order valence-corrected chi connectivity index (χ0v) is 13.4. The summed E-state index contributed by atoms with van der Waals surface area (Å²) in [5.74, 6) is -1.48. The third-order valence-corrected chi connectivity index (χ3v) is 3.99. The summed E-state index contributed by atoms with van der Waals surface area (Å²) >= 11 is 0.352. The topological polar surface area (TPSA) is 51.2 Å². The van der Waals surface area contributed by atoms with Gasteiger partial charge in [-0.3, -0.25) is 4.79 Å². The molecule has 2 aromatic rings. The zero-order chi connectivity index (χ0) is 17.7. The fourth-order valence-electron chi connectivity index (χ4n) is 1.89. The highest BCUT2D eigenvalue weighted by molar-refractivity contribution is 7.10. The molecule has 2 rings (SSSR count). The van der Waals surface area contributed by atoms with Gasteiger partial charge in [0, 0.05) is 0 Å². The number of para-hydroxylation sites is 1. The predicted molar refractivity (Wildman–Crippen MR) is 80.6 cm³/mol. The van der Waals surface area contributed by atoms with Crippen molar-refractivity contribution in [3.63, 3.8) is 0 Å². The number of benzene rings is 1. The van der Waals surface area contributed by atoms with Gasteiger partial charge in [-0.05, 0) is 18.6 Å². The summed E-state index contributed by atoms with van der Waals surface area (Å²) in [6.45, 7) is 1.68. The van der Waals surface area contributed by atoms with Crippen molar-refractivity contribution in [3.8, 4) is 5.75 Å². The van der Waals surface area contributed by atoms with Gasteiger partial charge in [-0.25, -0.2) is 9.37 Å². The maximum absolute atomic E-state index is 13.5. The van der Waals surface area contributed by atoms with Gasteiger partial charge in [-0.15, -0.1) is 11.3 Å². The Bertz CT molecular complexity index is 703. The summed E-state index contributed by atoms with van der Waals surface area (Å²) in [7, 11) is 0.